The first-order valence-corrected chi connectivity index (χ1v) is 6.28. The van der Waals surface area contributed by atoms with E-state index >= 15 is 0 Å². The number of anilines is 2. The van der Waals surface area contributed by atoms with Gasteiger partial charge < -0.3 is 11.1 Å². The molecule has 0 bridgehead atoms. The zero-order valence-electron chi connectivity index (χ0n) is 10.1. The van der Waals surface area contributed by atoms with E-state index in [1.165, 1.54) is 30.7 Å². The van der Waals surface area contributed by atoms with Crippen LogP contribution in [-0.4, -0.2) is 15.5 Å². The molecule has 0 unspecified atom stereocenters. The van der Waals surface area contributed by atoms with Crippen LogP contribution < -0.4 is 16.6 Å². The molecule has 1 heterocycles. The smallest absolute Gasteiger partial charge is 0.253 e. The number of carbonyl (C=O) groups excluding carboxylic acids is 1. The lowest BCUT2D eigenvalue weighted by atomic mass is 10.2. The molecule has 2 aromatic rings. The number of hydrogen-bond donors (Lipinski definition) is 2. The Hall–Kier alpha value is -2.05. The molecule has 6 nitrogen and oxygen atoms in total. The molecule has 0 aliphatic carbocycles. The van der Waals surface area contributed by atoms with E-state index in [0.717, 1.165) is 4.57 Å². The molecule has 0 spiro atoms. The van der Waals surface area contributed by atoms with Crippen LogP contribution in [-0.2, 0) is 11.3 Å². The summed E-state index contributed by atoms with van der Waals surface area (Å²) in [6.45, 7) is -0.189. The van der Waals surface area contributed by atoms with Crippen LogP contribution in [0, 0.1) is 0 Å². The molecule has 104 valence electrons. The molecule has 2 rings (SSSR count). The molecule has 0 saturated carbocycles. The Morgan fingerprint density at radius 3 is 2.80 bits per heavy atom. The van der Waals surface area contributed by atoms with Gasteiger partial charge in [0.2, 0.25) is 5.91 Å². The quantitative estimate of drug-likeness (QED) is 0.845. The zero-order valence-corrected chi connectivity index (χ0v) is 11.6. The van der Waals surface area contributed by atoms with Crippen molar-refractivity contribution in [3.05, 3.63) is 51.1 Å². The third-order valence-corrected chi connectivity index (χ3v) is 2.97. The lowest BCUT2D eigenvalue weighted by Crippen LogP contribution is -2.27. The van der Waals surface area contributed by atoms with Gasteiger partial charge in [0.25, 0.3) is 5.56 Å². The fraction of sp³-hybridized carbons (Fsp3) is 0.0833. The minimum atomic E-state index is -0.448. The maximum absolute atomic E-state index is 11.9. The average Bonchev–Trinajstić information content (AvgIpc) is 2.36. The van der Waals surface area contributed by atoms with Crippen molar-refractivity contribution in [3.8, 4) is 0 Å². The zero-order chi connectivity index (χ0) is 14.7. The van der Waals surface area contributed by atoms with Crippen LogP contribution in [0.1, 0.15) is 0 Å². The average molecular weight is 313 g/mol. The monoisotopic (exact) mass is 312 g/mol. The van der Waals surface area contributed by atoms with E-state index in [1.807, 2.05) is 0 Å². The van der Waals surface area contributed by atoms with E-state index in [9.17, 15) is 9.59 Å². The summed E-state index contributed by atoms with van der Waals surface area (Å²) in [7, 11) is 0. The number of nitrogen functional groups attached to an aromatic ring is 1. The number of nitrogens with zero attached hydrogens (tertiary/aromatic N) is 2. The third kappa shape index (κ3) is 3.28. The van der Waals surface area contributed by atoms with Gasteiger partial charge in [-0.05, 0) is 12.1 Å². The molecule has 0 aliphatic heterocycles. The number of amides is 1. The molecular weight excluding hydrogens is 303 g/mol. The summed E-state index contributed by atoms with van der Waals surface area (Å²) < 4.78 is 1.16. The Morgan fingerprint density at radius 2 is 2.15 bits per heavy atom. The summed E-state index contributed by atoms with van der Waals surface area (Å²) in [4.78, 5) is 27.1. The highest BCUT2D eigenvalue weighted by molar-refractivity contribution is 6.37. The maximum Gasteiger partial charge on any atom is 0.253 e. The van der Waals surface area contributed by atoms with Crippen molar-refractivity contribution in [2.24, 2.45) is 0 Å². The van der Waals surface area contributed by atoms with Crippen molar-refractivity contribution >= 4 is 40.5 Å². The van der Waals surface area contributed by atoms with Gasteiger partial charge in [-0.3, -0.25) is 14.2 Å². The van der Waals surface area contributed by atoms with Crippen molar-refractivity contribution in [1.82, 2.24) is 9.55 Å². The van der Waals surface area contributed by atoms with Gasteiger partial charge in [-0.25, -0.2) is 4.98 Å². The van der Waals surface area contributed by atoms with Gasteiger partial charge in [0.15, 0.2) is 0 Å². The Balaban J connectivity index is 2.17. The van der Waals surface area contributed by atoms with E-state index in [0.29, 0.717) is 5.02 Å². The van der Waals surface area contributed by atoms with Gasteiger partial charge in [-0.2, -0.15) is 0 Å². The number of nitrogens with one attached hydrogen (secondary N) is 1. The van der Waals surface area contributed by atoms with Gasteiger partial charge in [-0.15, -0.1) is 0 Å². The Labute approximate surface area is 124 Å². The molecule has 20 heavy (non-hydrogen) atoms. The van der Waals surface area contributed by atoms with Gasteiger partial charge in [0.05, 0.1) is 22.7 Å². The van der Waals surface area contributed by atoms with Crippen molar-refractivity contribution in [2.45, 2.75) is 6.54 Å². The van der Waals surface area contributed by atoms with Gasteiger partial charge >= 0.3 is 0 Å². The molecule has 1 aromatic heterocycles. The Morgan fingerprint density at radius 1 is 1.40 bits per heavy atom. The minimum absolute atomic E-state index is 0.189. The van der Waals surface area contributed by atoms with Crippen LogP contribution in [0.4, 0.5) is 11.4 Å². The molecule has 1 aromatic carbocycles. The number of benzene rings is 1. The maximum atomic E-state index is 11.9. The fourth-order valence-corrected chi connectivity index (χ4v) is 2.11. The fourth-order valence-electron chi connectivity index (χ4n) is 1.56. The number of aromatic nitrogens is 2. The van der Waals surface area contributed by atoms with Gasteiger partial charge in [0.1, 0.15) is 6.54 Å². The van der Waals surface area contributed by atoms with Crippen LogP contribution in [0.15, 0.2) is 35.5 Å². The summed E-state index contributed by atoms with van der Waals surface area (Å²) in [6.07, 6.45) is 2.62. The third-order valence-electron chi connectivity index (χ3n) is 2.46. The van der Waals surface area contributed by atoms with E-state index in [1.54, 1.807) is 0 Å². The Bertz CT molecular complexity index is 692. The standard InChI is InChI=1S/C12H10Cl2N4O2/c13-7-3-8(14)12(9(15)4-7)17-10(19)5-18-6-16-2-1-11(18)20/h1-4,6H,5,15H2,(H,17,19). The molecule has 0 atom stereocenters. The Kier molecular flexibility index (Phi) is 4.26. The van der Waals surface area contributed by atoms with Crippen molar-refractivity contribution < 1.29 is 4.79 Å². The highest BCUT2D eigenvalue weighted by Crippen LogP contribution is 2.31. The highest BCUT2D eigenvalue weighted by atomic mass is 35.5. The lowest BCUT2D eigenvalue weighted by molar-refractivity contribution is -0.116. The van der Waals surface area contributed by atoms with Crippen molar-refractivity contribution in [1.29, 1.82) is 0 Å². The second-order valence-corrected chi connectivity index (χ2v) is 4.79. The van der Waals surface area contributed by atoms with Gasteiger partial charge in [0, 0.05) is 17.3 Å². The molecule has 3 N–H and O–H groups in total. The predicted molar refractivity (Wildman–Crippen MR) is 78.0 cm³/mol. The summed E-state index contributed by atoms with van der Waals surface area (Å²) in [5, 5.41) is 3.13. The number of nitrogens with two attached hydrogens (primary N) is 1. The molecule has 0 radical (unpaired) electrons. The topological polar surface area (TPSA) is 90.0 Å². The second-order valence-electron chi connectivity index (χ2n) is 3.95. The largest absolute Gasteiger partial charge is 0.397 e. The molecule has 1 amide bonds. The van der Waals surface area contributed by atoms with Crippen LogP contribution >= 0.6 is 23.2 Å². The predicted octanol–water partition coefficient (Wildman–Crippen LogP) is 1.77. The van der Waals surface area contributed by atoms with E-state index in [4.69, 9.17) is 28.9 Å². The summed E-state index contributed by atoms with van der Waals surface area (Å²) >= 11 is 11.7. The van der Waals surface area contributed by atoms with E-state index < -0.39 is 5.91 Å². The number of carbonyl (C=O) groups is 1. The first-order valence-electron chi connectivity index (χ1n) is 5.52. The molecule has 0 aliphatic rings. The first kappa shape index (κ1) is 14.4. The number of halogens is 2. The SMILES string of the molecule is Nc1cc(Cl)cc(Cl)c1NC(=O)Cn1cnccc1=O. The van der Waals surface area contributed by atoms with Crippen LogP contribution in [0.25, 0.3) is 0 Å². The normalized spacial score (nSPS) is 10.3. The summed E-state index contributed by atoms with van der Waals surface area (Å²) in [5.74, 6) is -0.448. The first-order chi connectivity index (χ1) is 9.47. The second kappa shape index (κ2) is 5.94. The summed E-state index contributed by atoms with van der Waals surface area (Å²) in [6, 6.07) is 4.20. The molecule has 0 fully saturated rings. The van der Waals surface area contributed by atoms with Crippen molar-refractivity contribution in [3.63, 3.8) is 0 Å². The number of hydrogen-bond acceptors (Lipinski definition) is 4. The van der Waals surface area contributed by atoms with Crippen LogP contribution in [0.3, 0.4) is 0 Å². The van der Waals surface area contributed by atoms with Crippen LogP contribution in [0.2, 0.25) is 10.0 Å². The van der Waals surface area contributed by atoms with Crippen LogP contribution in [0.5, 0.6) is 0 Å². The van der Waals surface area contributed by atoms with E-state index in [2.05, 4.69) is 10.3 Å². The molecule has 8 heteroatoms. The van der Waals surface area contributed by atoms with E-state index in [-0.39, 0.29) is 28.5 Å². The molecule has 0 saturated heterocycles. The van der Waals surface area contributed by atoms with Gasteiger partial charge in [-0.1, -0.05) is 23.2 Å². The lowest BCUT2D eigenvalue weighted by Gasteiger charge is -2.11. The minimum Gasteiger partial charge on any atom is -0.397 e. The van der Waals surface area contributed by atoms with Crippen molar-refractivity contribution in [2.75, 3.05) is 11.1 Å². The number of rotatable bonds is 3. The molecular formula is C12H10Cl2N4O2. The highest BCUT2D eigenvalue weighted by Gasteiger charge is 2.11. The summed E-state index contributed by atoms with van der Waals surface area (Å²) in [5.41, 5.74) is 5.91.